The second kappa shape index (κ2) is 7.77. The number of carboxylic acid groups (broad SMARTS) is 1. The van der Waals surface area contributed by atoms with Crippen LogP contribution in [0.5, 0.6) is 0 Å². The molecule has 2 saturated heterocycles. The SMILES string of the molecule is C[C@@H](O)[C@H]1C(=O)N2C(C(=O)O)=C(S[C@@H]3CN[C@H](CC4=CN=CN(C)C4)C3)[C@H](C)[C@H]12. The quantitative estimate of drug-likeness (QED) is 0.547. The summed E-state index contributed by atoms with van der Waals surface area (Å²) in [5, 5.41) is 23.5. The zero-order valence-corrected chi connectivity index (χ0v) is 17.7. The van der Waals surface area contributed by atoms with Crippen molar-refractivity contribution in [2.24, 2.45) is 16.8 Å². The van der Waals surface area contributed by atoms with Gasteiger partial charge in [-0.05, 0) is 25.3 Å². The Balaban J connectivity index is 1.44. The first-order chi connectivity index (χ1) is 13.8. The van der Waals surface area contributed by atoms with Gasteiger partial charge in [0.05, 0.1) is 24.4 Å². The highest BCUT2D eigenvalue weighted by Crippen LogP contribution is 2.51. The van der Waals surface area contributed by atoms with E-state index in [0.717, 1.165) is 30.8 Å². The van der Waals surface area contributed by atoms with E-state index in [1.807, 2.05) is 26.5 Å². The molecule has 0 bridgehead atoms. The number of aliphatic imine (C=N–C) groups is 1. The number of β-lactam (4-membered cyclic amide) rings is 1. The fourth-order valence-electron chi connectivity index (χ4n) is 4.97. The van der Waals surface area contributed by atoms with Crippen molar-refractivity contribution in [2.75, 3.05) is 20.1 Å². The normalized spacial score (nSPS) is 35.0. The number of likely N-dealkylation sites (N-methyl/N-ethyl adjacent to an activating group) is 1. The summed E-state index contributed by atoms with van der Waals surface area (Å²) >= 11 is 1.59. The molecule has 0 aromatic rings. The van der Waals surface area contributed by atoms with Crippen molar-refractivity contribution in [1.29, 1.82) is 0 Å². The second-order valence-corrected chi connectivity index (χ2v) is 9.87. The highest BCUT2D eigenvalue weighted by molar-refractivity contribution is 8.03. The van der Waals surface area contributed by atoms with Gasteiger partial charge in [-0.2, -0.15) is 0 Å². The van der Waals surface area contributed by atoms with E-state index in [1.165, 1.54) is 10.5 Å². The molecule has 8 nitrogen and oxygen atoms in total. The van der Waals surface area contributed by atoms with Gasteiger partial charge in [0.15, 0.2) is 0 Å². The number of fused-ring (bicyclic) bond motifs is 1. The molecule has 0 spiro atoms. The number of aliphatic carboxylic acids is 1. The largest absolute Gasteiger partial charge is 0.477 e. The number of hydrogen-bond acceptors (Lipinski definition) is 7. The summed E-state index contributed by atoms with van der Waals surface area (Å²) in [6.07, 6.45) is 4.84. The van der Waals surface area contributed by atoms with Crippen molar-refractivity contribution in [3.8, 4) is 0 Å². The number of aliphatic hydroxyl groups is 1. The molecular formula is C20H28N4O4S. The van der Waals surface area contributed by atoms with Crippen molar-refractivity contribution >= 4 is 30.0 Å². The van der Waals surface area contributed by atoms with E-state index in [2.05, 4.69) is 15.2 Å². The number of nitrogens with zero attached hydrogens (tertiary/aromatic N) is 3. The predicted octanol–water partition coefficient (Wildman–Crippen LogP) is 0.852. The van der Waals surface area contributed by atoms with Gasteiger partial charge in [0.2, 0.25) is 5.91 Å². The van der Waals surface area contributed by atoms with Gasteiger partial charge < -0.3 is 25.3 Å². The number of carbonyl (C=O) groups is 2. The standard InChI is InChI=1S/C20H28N4O4S/c1-10-16-15(11(2)25)19(26)24(16)17(20(27)28)18(10)29-14-5-13(22-7-14)4-12-6-21-9-23(3)8-12/h6,9-11,13-16,22,25H,4-5,7-8H2,1-3H3,(H,27,28)/t10-,11-,13-,14+,15-,16-/m1/s1. The van der Waals surface area contributed by atoms with Crippen molar-refractivity contribution in [3.63, 3.8) is 0 Å². The molecule has 4 aliphatic rings. The van der Waals surface area contributed by atoms with E-state index < -0.39 is 18.0 Å². The van der Waals surface area contributed by atoms with Crippen LogP contribution in [-0.2, 0) is 9.59 Å². The summed E-state index contributed by atoms with van der Waals surface area (Å²) < 4.78 is 0. The molecule has 6 atom stereocenters. The summed E-state index contributed by atoms with van der Waals surface area (Å²) in [7, 11) is 2.00. The third kappa shape index (κ3) is 3.60. The number of rotatable bonds is 6. The zero-order chi connectivity index (χ0) is 20.9. The molecule has 0 radical (unpaired) electrons. The van der Waals surface area contributed by atoms with Crippen LogP contribution in [-0.4, -0.2) is 81.8 Å². The molecule has 9 heteroatoms. The first-order valence-corrected chi connectivity index (χ1v) is 11.0. The number of aliphatic hydroxyl groups excluding tert-OH is 1. The maximum absolute atomic E-state index is 12.5. The maximum atomic E-state index is 12.5. The summed E-state index contributed by atoms with van der Waals surface area (Å²) in [5.74, 6) is -1.93. The second-order valence-electron chi connectivity index (χ2n) is 8.52. The average molecular weight is 421 g/mol. The van der Waals surface area contributed by atoms with Crippen molar-refractivity contribution < 1.29 is 19.8 Å². The lowest BCUT2D eigenvalue weighted by Crippen LogP contribution is -2.63. The third-order valence-corrected chi connectivity index (χ3v) is 7.78. The Hall–Kier alpha value is -1.84. The van der Waals surface area contributed by atoms with Crippen LogP contribution >= 0.6 is 11.8 Å². The molecule has 4 aliphatic heterocycles. The Morgan fingerprint density at radius 3 is 2.90 bits per heavy atom. The van der Waals surface area contributed by atoms with Gasteiger partial charge in [-0.1, -0.05) is 6.92 Å². The number of carboxylic acids is 1. The molecule has 1 amide bonds. The van der Waals surface area contributed by atoms with E-state index in [-0.39, 0.29) is 28.8 Å². The minimum atomic E-state index is -1.06. The minimum Gasteiger partial charge on any atom is -0.477 e. The topological polar surface area (TPSA) is 105 Å². The molecule has 0 aliphatic carbocycles. The van der Waals surface area contributed by atoms with Gasteiger partial charge >= 0.3 is 5.97 Å². The Morgan fingerprint density at radius 1 is 1.48 bits per heavy atom. The smallest absolute Gasteiger partial charge is 0.353 e. The summed E-state index contributed by atoms with van der Waals surface area (Å²) in [6.45, 7) is 5.26. The Morgan fingerprint density at radius 2 is 2.24 bits per heavy atom. The van der Waals surface area contributed by atoms with Crippen LogP contribution in [0.1, 0.15) is 26.7 Å². The molecule has 0 aromatic heterocycles. The molecule has 4 rings (SSSR count). The number of thioether (sulfide) groups is 1. The lowest BCUT2D eigenvalue weighted by molar-refractivity contribution is -0.163. The van der Waals surface area contributed by atoms with Gasteiger partial charge in [-0.15, -0.1) is 11.8 Å². The fraction of sp³-hybridized carbons (Fsp3) is 0.650. The van der Waals surface area contributed by atoms with E-state index in [1.54, 1.807) is 18.7 Å². The molecule has 0 aromatic carbocycles. The maximum Gasteiger partial charge on any atom is 0.353 e. The van der Waals surface area contributed by atoms with Crippen molar-refractivity contribution in [1.82, 2.24) is 15.1 Å². The molecule has 4 heterocycles. The third-order valence-electron chi connectivity index (χ3n) is 6.27. The Labute approximate surface area is 174 Å². The molecule has 3 N–H and O–H groups in total. The number of carbonyl (C=O) groups excluding carboxylic acids is 1. The lowest BCUT2D eigenvalue weighted by atomic mass is 9.79. The van der Waals surface area contributed by atoms with Crippen LogP contribution in [0.3, 0.4) is 0 Å². The summed E-state index contributed by atoms with van der Waals surface area (Å²) in [5.41, 5.74) is 1.40. The molecular weight excluding hydrogens is 392 g/mol. The molecule has 0 unspecified atom stereocenters. The lowest BCUT2D eigenvalue weighted by Gasteiger charge is -2.46. The van der Waals surface area contributed by atoms with Crippen LogP contribution in [0.15, 0.2) is 27.4 Å². The fourth-order valence-corrected chi connectivity index (χ4v) is 6.49. The number of hydrogen-bond donors (Lipinski definition) is 3. The minimum absolute atomic E-state index is 0.0773. The molecule has 158 valence electrons. The Bertz CT molecular complexity index is 808. The zero-order valence-electron chi connectivity index (χ0n) is 16.9. The van der Waals surface area contributed by atoms with Crippen molar-refractivity contribution in [3.05, 3.63) is 22.4 Å². The average Bonchev–Trinajstić information content (AvgIpc) is 3.16. The van der Waals surface area contributed by atoms with Crippen LogP contribution in [0.4, 0.5) is 0 Å². The van der Waals surface area contributed by atoms with Gasteiger partial charge in [-0.3, -0.25) is 4.79 Å². The predicted molar refractivity (Wildman–Crippen MR) is 111 cm³/mol. The van der Waals surface area contributed by atoms with Crippen LogP contribution < -0.4 is 5.32 Å². The van der Waals surface area contributed by atoms with Gasteiger partial charge in [-0.25, -0.2) is 9.79 Å². The monoisotopic (exact) mass is 420 g/mol. The highest BCUT2D eigenvalue weighted by Gasteiger charge is 2.60. The first kappa shape index (κ1) is 20.4. The van der Waals surface area contributed by atoms with Gasteiger partial charge in [0, 0.05) is 48.5 Å². The van der Waals surface area contributed by atoms with E-state index in [9.17, 15) is 19.8 Å². The van der Waals surface area contributed by atoms with E-state index in [4.69, 9.17) is 0 Å². The van der Waals surface area contributed by atoms with Gasteiger partial charge in [0.1, 0.15) is 5.70 Å². The van der Waals surface area contributed by atoms with E-state index >= 15 is 0 Å². The molecule has 2 fully saturated rings. The first-order valence-electron chi connectivity index (χ1n) is 10.1. The molecule has 29 heavy (non-hydrogen) atoms. The Kier molecular flexibility index (Phi) is 5.48. The highest BCUT2D eigenvalue weighted by atomic mass is 32.2. The van der Waals surface area contributed by atoms with Crippen LogP contribution in [0, 0.1) is 11.8 Å². The number of nitrogens with one attached hydrogen (secondary N) is 1. The van der Waals surface area contributed by atoms with Crippen LogP contribution in [0.2, 0.25) is 0 Å². The summed E-state index contributed by atoms with van der Waals surface area (Å²) in [4.78, 5) is 32.9. The van der Waals surface area contributed by atoms with Gasteiger partial charge in [0.25, 0.3) is 0 Å². The van der Waals surface area contributed by atoms with E-state index in [0.29, 0.717) is 6.04 Å². The van der Waals surface area contributed by atoms with Crippen LogP contribution in [0.25, 0.3) is 0 Å². The summed E-state index contributed by atoms with van der Waals surface area (Å²) in [6, 6.07) is 0.0944. The number of amides is 1. The van der Waals surface area contributed by atoms with Crippen molar-refractivity contribution in [2.45, 2.75) is 50.1 Å². The molecule has 0 saturated carbocycles.